The molecule has 0 aromatic rings. The largest absolute Gasteiger partial charge is 0.154 e. The van der Waals surface area contributed by atoms with Crippen LogP contribution >= 0.6 is 27.7 Å². The molecule has 1 aliphatic rings. The van der Waals surface area contributed by atoms with Crippen molar-refractivity contribution in [1.29, 1.82) is 0 Å². The highest BCUT2D eigenvalue weighted by Gasteiger charge is 2.32. The molecule has 0 unspecified atom stereocenters. The molecule has 2 heteroatoms. The number of alkyl halides is 1. The predicted molar refractivity (Wildman–Crippen MR) is 53.0 cm³/mol. The van der Waals surface area contributed by atoms with Crippen molar-refractivity contribution in [2.45, 2.75) is 24.0 Å². The van der Waals surface area contributed by atoms with Crippen LogP contribution in [0.2, 0.25) is 0 Å². The number of hydrogen-bond donors (Lipinski definition) is 0. The van der Waals surface area contributed by atoms with Crippen LogP contribution in [0.5, 0.6) is 0 Å². The minimum absolute atomic E-state index is 0.522. The highest BCUT2D eigenvalue weighted by Crippen LogP contribution is 2.43. The Bertz CT molecular complexity index is 122. The summed E-state index contributed by atoms with van der Waals surface area (Å²) in [7, 11) is 0. The standard InChI is InChI=1S/C8H13BrS/c1-10-8(4-2-5-8)6-3-7-9/h3,6H,2,4-5,7H2,1H3/b6-3+. The van der Waals surface area contributed by atoms with Gasteiger partial charge < -0.3 is 0 Å². The van der Waals surface area contributed by atoms with E-state index in [1.54, 1.807) is 0 Å². The third kappa shape index (κ3) is 1.79. The molecular weight excluding hydrogens is 208 g/mol. The molecule has 1 rings (SSSR count). The van der Waals surface area contributed by atoms with Gasteiger partial charge in [-0.05, 0) is 19.1 Å². The van der Waals surface area contributed by atoms with Crippen molar-refractivity contribution in [2.24, 2.45) is 0 Å². The van der Waals surface area contributed by atoms with Crippen LogP contribution in [0.1, 0.15) is 19.3 Å². The summed E-state index contributed by atoms with van der Waals surface area (Å²) in [5.41, 5.74) is 0. The van der Waals surface area contributed by atoms with Crippen LogP contribution in [0.15, 0.2) is 12.2 Å². The van der Waals surface area contributed by atoms with Gasteiger partial charge in [-0.25, -0.2) is 0 Å². The minimum atomic E-state index is 0.522. The Morgan fingerprint density at radius 1 is 1.60 bits per heavy atom. The molecule has 1 aliphatic carbocycles. The molecule has 0 atom stereocenters. The number of halogens is 1. The van der Waals surface area contributed by atoms with E-state index in [1.165, 1.54) is 19.3 Å². The van der Waals surface area contributed by atoms with Gasteiger partial charge in [-0.3, -0.25) is 0 Å². The lowest BCUT2D eigenvalue weighted by molar-refractivity contribution is 0.432. The fraction of sp³-hybridized carbons (Fsp3) is 0.750. The Morgan fingerprint density at radius 2 is 2.30 bits per heavy atom. The maximum absolute atomic E-state index is 3.39. The Labute approximate surface area is 75.6 Å². The van der Waals surface area contributed by atoms with E-state index in [1.807, 2.05) is 11.8 Å². The third-order valence-electron chi connectivity index (χ3n) is 2.12. The Morgan fingerprint density at radius 3 is 2.60 bits per heavy atom. The average molecular weight is 221 g/mol. The number of rotatable bonds is 3. The Hall–Kier alpha value is 0.570. The Kier molecular flexibility index (Phi) is 3.31. The van der Waals surface area contributed by atoms with E-state index in [2.05, 4.69) is 34.3 Å². The zero-order chi connectivity index (χ0) is 7.45. The molecule has 0 nitrogen and oxygen atoms in total. The maximum atomic E-state index is 3.39. The van der Waals surface area contributed by atoms with Gasteiger partial charge in [0.1, 0.15) is 0 Å². The summed E-state index contributed by atoms with van der Waals surface area (Å²) >= 11 is 5.38. The molecule has 58 valence electrons. The van der Waals surface area contributed by atoms with E-state index in [4.69, 9.17) is 0 Å². The topological polar surface area (TPSA) is 0 Å². The van der Waals surface area contributed by atoms with Gasteiger partial charge in [-0.15, -0.1) is 0 Å². The van der Waals surface area contributed by atoms with Crippen molar-refractivity contribution >= 4 is 27.7 Å². The lowest BCUT2D eigenvalue weighted by Crippen LogP contribution is -2.30. The van der Waals surface area contributed by atoms with Gasteiger partial charge in [0, 0.05) is 10.1 Å². The first-order valence-electron chi connectivity index (χ1n) is 3.62. The molecule has 0 radical (unpaired) electrons. The second kappa shape index (κ2) is 3.82. The molecule has 0 heterocycles. The van der Waals surface area contributed by atoms with Crippen molar-refractivity contribution in [3.63, 3.8) is 0 Å². The molecular formula is C8H13BrS. The quantitative estimate of drug-likeness (QED) is 0.520. The summed E-state index contributed by atoms with van der Waals surface area (Å²) in [6.45, 7) is 0. The molecule has 0 bridgehead atoms. The van der Waals surface area contributed by atoms with E-state index in [0.29, 0.717) is 4.75 Å². The summed E-state index contributed by atoms with van der Waals surface area (Å²) in [4.78, 5) is 0. The van der Waals surface area contributed by atoms with Crippen LogP contribution in [0, 0.1) is 0 Å². The van der Waals surface area contributed by atoms with E-state index in [9.17, 15) is 0 Å². The fourth-order valence-corrected chi connectivity index (χ4v) is 2.34. The van der Waals surface area contributed by atoms with Crippen LogP contribution in [0.25, 0.3) is 0 Å². The summed E-state index contributed by atoms with van der Waals surface area (Å²) in [6, 6.07) is 0. The van der Waals surface area contributed by atoms with E-state index < -0.39 is 0 Å². The van der Waals surface area contributed by atoms with Gasteiger partial charge in [-0.2, -0.15) is 11.8 Å². The van der Waals surface area contributed by atoms with Crippen LogP contribution in [-0.4, -0.2) is 16.3 Å². The SMILES string of the molecule is CSC1(/C=C/CBr)CCC1. The second-order valence-corrected chi connectivity index (χ2v) is 4.55. The zero-order valence-electron chi connectivity index (χ0n) is 6.27. The van der Waals surface area contributed by atoms with E-state index in [-0.39, 0.29) is 0 Å². The number of thioether (sulfide) groups is 1. The molecule has 0 amide bonds. The minimum Gasteiger partial charge on any atom is -0.154 e. The lowest BCUT2D eigenvalue weighted by atomic mass is 9.84. The lowest BCUT2D eigenvalue weighted by Gasteiger charge is -2.37. The molecule has 0 aromatic carbocycles. The van der Waals surface area contributed by atoms with Crippen LogP contribution in [0.4, 0.5) is 0 Å². The molecule has 10 heavy (non-hydrogen) atoms. The van der Waals surface area contributed by atoms with E-state index >= 15 is 0 Å². The second-order valence-electron chi connectivity index (χ2n) is 2.68. The first-order valence-corrected chi connectivity index (χ1v) is 5.96. The van der Waals surface area contributed by atoms with Crippen molar-refractivity contribution in [2.75, 3.05) is 11.6 Å². The molecule has 0 N–H and O–H groups in total. The van der Waals surface area contributed by atoms with Crippen molar-refractivity contribution < 1.29 is 0 Å². The van der Waals surface area contributed by atoms with Gasteiger partial charge in [0.05, 0.1) is 0 Å². The highest BCUT2D eigenvalue weighted by molar-refractivity contribution is 9.09. The van der Waals surface area contributed by atoms with Gasteiger partial charge in [0.2, 0.25) is 0 Å². The fourth-order valence-electron chi connectivity index (χ4n) is 1.22. The summed E-state index contributed by atoms with van der Waals surface area (Å²) in [5, 5.41) is 0.995. The van der Waals surface area contributed by atoms with Gasteiger partial charge in [0.25, 0.3) is 0 Å². The first kappa shape index (κ1) is 8.66. The smallest absolute Gasteiger partial charge is 0.0336 e. The Balaban J connectivity index is 2.40. The highest BCUT2D eigenvalue weighted by atomic mass is 79.9. The summed E-state index contributed by atoms with van der Waals surface area (Å²) < 4.78 is 0.522. The normalized spacial score (nSPS) is 23.0. The van der Waals surface area contributed by atoms with Gasteiger partial charge in [0.15, 0.2) is 0 Å². The number of hydrogen-bond acceptors (Lipinski definition) is 1. The first-order chi connectivity index (χ1) is 4.83. The van der Waals surface area contributed by atoms with Crippen molar-refractivity contribution in [3.05, 3.63) is 12.2 Å². The predicted octanol–water partition coefficient (Wildman–Crippen LogP) is 3.22. The molecule has 0 spiro atoms. The molecule has 1 fully saturated rings. The third-order valence-corrected chi connectivity index (χ3v) is 3.85. The zero-order valence-corrected chi connectivity index (χ0v) is 8.67. The van der Waals surface area contributed by atoms with Crippen LogP contribution in [0.3, 0.4) is 0 Å². The van der Waals surface area contributed by atoms with E-state index in [0.717, 1.165) is 5.33 Å². The molecule has 0 aromatic heterocycles. The summed E-state index contributed by atoms with van der Waals surface area (Å²) in [6.07, 6.45) is 10.9. The van der Waals surface area contributed by atoms with Crippen LogP contribution < -0.4 is 0 Å². The van der Waals surface area contributed by atoms with Crippen molar-refractivity contribution in [1.82, 2.24) is 0 Å². The van der Waals surface area contributed by atoms with Crippen molar-refractivity contribution in [3.8, 4) is 0 Å². The van der Waals surface area contributed by atoms with Gasteiger partial charge >= 0.3 is 0 Å². The maximum Gasteiger partial charge on any atom is 0.0336 e. The van der Waals surface area contributed by atoms with Crippen LogP contribution in [-0.2, 0) is 0 Å². The molecule has 0 aliphatic heterocycles. The monoisotopic (exact) mass is 220 g/mol. The molecule has 0 saturated heterocycles. The number of allylic oxidation sites excluding steroid dienone is 1. The van der Waals surface area contributed by atoms with Gasteiger partial charge in [-0.1, -0.05) is 34.5 Å². The molecule has 1 saturated carbocycles. The summed E-state index contributed by atoms with van der Waals surface area (Å²) in [5.74, 6) is 0. The average Bonchev–Trinajstić information content (AvgIpc) is 1.87.